The van der Waals surface area contributed by atoms with Crippen LogP contribution in [0, 0.1) is 13.8 Å². The fourth-order valence-corrected chi connectivity index (χ4v) is 4.80. The first-order valence-corrected chi connectivity index (χ1v) is 10.7. The van der Waals surface area contributed by atoms with Crippen LogP contribution < -0.4 is 0 Å². The summed E-state index contributed by atoms with van der Waals surface area (Å²) in [5, 5.41) is 1.11. The number of rotatable bonds is 5. The summed E-state index contributed by atoms with van der Waals surface area (Å²) in [6.45, 7) is 5.55. The first-order valence-electron chi connectivity index (χ1n) is 9.52. The number of likely N-dealkylation sites (tertiary alicyclic amines) is 1. The van der Waals surface area contributed by atoms with E-state index in [1.54, 1.807) is 12.1 Å². The lowest BCUT2D eigenvalue weighted by Crippen LogP contribution is -2.34. The van der Waals surface area contributed by atoms with Gasteiger partial charge >= 0.3 is 0 Å². The van der Waals surface area contributed by atoms with Crippen LogP contribution in [0.2, 0.25) is 5.02 Å². The molecule has 2 aromatic rings. The van der Waals surface area contributed by atoms with Crippen LogP contribution in [0.15, 0.2) is 46.1 Å². The Balaban J connectivity index is 1.67. The Bertz CT molecular complexity index is 980. The highest BCUT2D eigenvalue weighted by atomic mass is 35.5. The largest absolute Gasteiger partial charge is 0.366 e. The molecule has 4 rings (SSSR count). The van der Waals surface area contributed by atoms with Gasteiger partial charge in [0, 0.05) is 29.5 Å². The van der Waals surface area contributed by atoms with Crippen LogP contribution >= 0.6 is 23.4 Å². The molecule has 2 amide bonds. The zero-order valence-electron chi connectivity index (χ0n) is 16.3. The van der Waals surface area contributed by atoms with E-state index >= 15 is 0 Å². The van der Waals surface area contributed by atoms with Crippen LogP contribution in [-0.2, 0) is 16.1 Å². The molecular formula is C21H21ClN4O2S. The molecule has 2 aliphatic heterocycles. The maximum Gasteiger partial charge on any atom is 0.278 e. The molecule has 0 N–H and O–H groups in total. The van der Waals surface area contributed by atoms with E-state index in [9.17, 15) is 9.59 Å². The van der Waals surface area contributed by atoms with E-state index in [2.05, 4.69) is 9.97 Å². The van der Waals surface area contributed by atoms with Crippen molar-refractivity contribution in [1.82, 2.24) is 19.8 Å². The quantitative estimate of drug-likeness (QED) is 0.534. The molecule has 0 radical (unpaired) electrons. The molecule has 8 heteroatoms. The number of nitrogens with zero attached hydrogens (tertiary/aromatic N) is 4. The topological polar surface area (TPSA) is 66.4 Å². The van der Waals surface area contributed by atoms with Gasteiger partial charge in [0.05, 0.1) is 6.54 Å². The third-order valence-electron chi connectivity index (χ3n) is 4.93. The standard InChI is InChI=1S/C21H21ClN4O2S/c1-13-11-14(2)24-21(23-13)29-18-17(25-9-3-4-10-25)19(27)26(20(18)28)12-15-5-7-16(22)8-6-15/h5-8,11H,3-4,9-10,12H2,1-2H3. The summed E-state index contributed by atoms with van der Waals surface area (Å²) < 4.78 is 0. The maximum absolute atomic E-state index is 13.2. The van der Waals surface area contributed by atoms with Crippen LogP contribution in [0.1, 0.15) is 29.8 Å². The van der Waals surface area contributed by atoms with Crippen LogP contribution in [0.25, 0.3) is 0 Å². The Morgan fingerprint density at radius 3 is 2.24 bits per heavy atom. The van der Waals surface area contributed by atoms with Crippen LogP contribution in [0.4, 0.5) is 0 Å². The van der Waals surface area contributed by atoms with E-state index in [4.69, 9.17) is 11.6 Å². The molecule has 0 atom stereocenters. The van der Waals surface area contributed by atoms with Gasteiger partial charge in [-0.15, -0.1) is 0 Å². The fourth-order valence-electron chi connectivity index (χ4n) is 3.60. The van der Waals surface area contributed by atoms with Gasteiger partial charge in [-0.25, -0.2) is 9.97 Å². The van der Waals surface area contributed by atoms with Crippen molar-refractivity contribution in [3.8, 4) is 0 Å². The average Bonchev–Trinajstić information content (AvgIpc) is 3.26. The van der Waals surface area contributed by atoms with Crippen molar-refractivity contribution in [3.63, 3.8) is 0 Å². The van der Waals surface area contributed by atoms with Gasteiger partial charge in [-0.3, -0.25) is 14.5 Å². The lowest BCUT2D eigenvalue weighted by molar-refractivity contribution is -0.138. The number of carbonyl (C=O) groups is 2. The number of aryl methyl sites for hydroxylation is 2. The predicted octanol–water partition coefficient (Wildman–Crippen LogP) is 3.72. The third kappa shape index (κ3) is 4.16. The molecule has 1 saturated heterocycles. The monoisotopic (exact) mass is 428 g/mol. The van der Waals surface area contributed by atoms with Crippen LogP contribution in [0.5, 0.6) is 0 Å². The Morgan fingerprint density at radius 2 is 1.62 bits per heavy atom. The van der Waals surface area contributed by atoms with Crippen molar-refractivity contribution in [2.45, 2.75) is 38.4 Å². The number of aromatic nitrogens is 2. The lowest BCUT2D eigenvalue weighted by atomic mass is 10.2. The van der Waals surface area contributed by atoms with Crippen molar-refractivity contribution in [2.75, 3.05) is 13.1 Å². The van der Waals surface area contributed by atoms with E-state index < -0.39 is 0 Å². The summed E-state index contributed by atoms with van der Waals surface area (Å²) in [7, 11) is 0. The SMILES string of the molecule is Cc1cc(C)nc(SC2=C(N3CCCC3)C(=O)N(Cc3ccc(Cl)cc3)C2=O)n1. The molecule has 2 aliphatic rings. The summed E-state index contributed by atoms with van der Waals surface area (Å²) in [6, 6.07) is 9.06. The highest BCUT2D eigenvalue weighted by Gasteiger charge is 2.42. The van der Waals surface area contributed by atoms with Gasteiger partial charge < -0.3 is 4.90 Å². The van der Waals surface area contributed by atoms with E-state index in [-0.39, 0.29) is 18.4 Å². The molecule has 3 heterocycles. The van der Waals surface area contributed by atoms with Crippen molar-refractivity contribution < 1.29 is 9.59 Å². The third-order valence-corrected chi connectivity index (χ3v) is 6.12. The summed E-state index contributed by atoms with van der Waals surface area (Å²) in [4.78, 5) is 39.1. The first kappa shape index (κ1) is 19.9. The van der Waals surface area contributed by atoms with Crippen molar-refractivity contribution in [3.05, 3.63) is 62.9 Å². The Kier molecular flexibility index (Phi) is 5.61. The molecule has 0 spiro atoms. The van der Waals surface area contributed by atoms with Gasteiger partial charge in [0.25, 0.3) is 11.8 Å². The average molecular weight is 429 g/mol. The van der Waals surface area contributed by atoms with Crippen molar-refractivity contribution in [2.24, 2.45) is 0 Å². The van der Waals surface area contributed by atoms with Gasteiger partial charge in [0.1, 0.15) is 10.6 Å². The fraction of sp³-hybridized carbons (Fsp3) is 0.333. The smallest absolute Gasteiger partial charge is 0.278 e. The first-order chi connectivity index (χ1) is 13.9. The second-order valence-electron chi connectivity index (χ2n) is 7.23. The van der Waals surface area contributed by atoms with Crippen molar-refractivity contribution in [1.29, 1.82) is 0 Å². The molecular weight excluding hydrogens is 408 g/mol. The zero-order chi connectivity index (χ0) is 20.5. The minimum absolute atomic E-state index is 0.212. The van der Waals surface area contributed by atoms with Gasteiger partial charge in [-0.05, 0) is 62.2 Å². The summed E-state index contributed by atoms with van der Waals surface area (Å²) in [5.74, 6) is -0.543. The molecule has 0 unspecified atom stereocenters. The highest BCUT2D eigenvalue weighted by Crippen LogP contribution is 2.37. The van der Waals surface area contributed by atoms with E-state index in [0.717, 1.165) is 42.9 Å². The normalized spacial score (nSPS) is 17.1. The van der Waals surface area contributed by atoms with E-state index in [1.165, 1.54) is 16.7 Å². The summed E-state index contributed by atoms with van der Waals surface area (Å²) in [5.41, 5.74) is 3.00. The van der Waals surface area contributed by atoms with Crippen molar-refractivity contribution >= 4 is 35.2 Å². The molecule has 1 aromatic heterocycles. The zero-order valence-corrected chi connectivity index (χ0v) is 17.9. The molecule has 0 bridgehead atoms. The highest BCUT2D eigenvalue weighted by molar-refractivity contribution is 8.04. The number of imide groups is 1. The Labute approximate surface area is 179 Å². The van der Waals surface area contributed by atoms with E-state index in [1.807, 2.05) is 36.9 Å². The minimum atomic E-state index is -0.292. The predicted molar refractivity (Wildman–Crippen MR) is 112 cm³/mol. The molecule has 150 valence electrons. The number of carbonyl (C=O) groups excluding carboxylic acids is 2. The lowest BCUT2D eigenvalue weighted by Gasteiger charge is -2.20. The second-order valence-corrected chi connectivity index (χ2v) is 8.64. The van der Waals surface area contributed by atoms with Gasteiger partial charge in [0.15, 0.2) is 5.16 Å². The van der Waals surface area contributed by atoms with E-state index in [0.29, 0.717) is 20.8 Å². The number of halogens is 1. The molecule has 1 fully saturated rings. The molecule has 6 nitrogen and oxygen atoms in total. The number of thioether (sulfide) groups is 1. The maximum atomic E-state index is 13.2. The van der Waals surface area contributed by atoms with Gasteiger partial charge in [-0.1, -0.05) is 23.7 Å². The molecule has 29 heavy (non-hydrogen) atoms. The number of hydrogen-bond donors (Lipinski definition) is 0. The Hall–Kier alpha value is -2.38. The number of benzene rings is 1. The molecule has 0 saturated carbocycles. The van der Waals surface area contributed by atoms with Crippen LogP contribution in [0.3, 0.4) is 0 Å². The van der Waals surface area contributed by atoms with Gasteiger partial charge in [-0.2, -0.15) is 0 Å². The Morgan fingerprint density at radius 1 is 1.00 bits per heavy atom. The summed E-state index contributed by atoms with van der Waals surface area (Å²) >= 11 is 7.14. The number of amides is 2. The molecule has 0 aliphatic carbocycles. The second kappa shape index (κ2) is 8.16. The van der Waals surface area contributed by atoms with Crippen LogP contribution in [-0.4, -0.2) is 44.7 Å². The molecule has 1 aromatic carbocycles. The van der Waals surface area contributed by atoms with Gasteiger partial charge in [0.2, 0.25) is 0 Å². The minimum Gasteiger partial charge on any atom is -0.366 e. The number of hydrogen-bond acceptors (Lipinski definition) is 6. The summed E-state index contributed by atoms with van der Waals surface area (Å²) in [6.07, 6.45) is 2.03.